The Kier molecular flexibility index (Phi) is 5.32. The lowest BCUT2D eigenvalue weighted by Gasteiger charge is -2.21. The third-order valence-electron chi connectivity index (χ3n) is 3.93. The van der Waals surface area contributed by atoms with Gasteiger partial charge in [0.05, 0.1) is 5.56 Å². The largest absolute Gasteiger partial charge is 0.371 e. The van der Waals surface area contributed by atoms with Gasteiger partial charge in [0.2, 0.25) is 0 Å². The van der Waals surface area contributed by atoms with Gasteiger partial charge in [-0.1, -0.05) is 32.1 Å². The molecule has 0 saturated heterocycles. The Bertz CT molecular complexity index is 458. The molecule has 0 radical (unpaired) electrons. The van der Waals surface area contributed by atoms with Crippen LogP contribution in [0.3, 0.4) is 0 Å². The number of carbonyl (C=O) groups is 1. The molecule has 110 valence electrons. The molecule has 1 saturated carbocycles. The zero-order chi connectivity index (χ0) is 14.4. The predicted molar refractivity (Wildman–Crippen MR) is 77.3 cm³/mol. The van der Waals surface area contributed by atoms with Crippen molar-refractivity contribution in [3.05, 3.63) is 23.6 Å². The SMILES string of the molecule is CNc1nccc(C(=O)NCCC2CCCCC2)c1F. The molecular formula is C15H22FN3O. The lowest BCUT2D eigenvalue weighted by molar-refractivity contribution is 0.0946. The van der Waals surface area contributed by atoms with Crippen LogP contribution in [0, 0.1) is 11.7 Å². The van der Waals surface area contributed by atoms with E-state index in [1.54, 1.807) is 7.05 Å². The van der Waals surface area contributed by atoms with E-state index in [4.69, 9.17) is 0 Å². The Morgan fingerprint density at radius 2 is 2.15 bits per heavy atom. The molecule has 0 atom stereocenters. The summed E-state index contributed by atoms with van der Waals surface area (Å²) >= 11 is 0. The van der Waals surface area contributed by atoms with Gasteiger partial charge in [-0.15, -0.1) is 0 Å². The van der Waals surface area contributed by atoms with Crippen LogP contribution in [0.5, 0.6) is 0 Å². The van der Waals surface area contributed by atoms with Crippen LogP contribution in [-0.2, 0) is 0 Å². The molecule has 4 nitrogen and oxygen atoms in total. The van der Waals surface area contributed by atoms with Gasteiger partial charge in [0.1, 0.15) is 0 Å². The average Bonchev–Trinajstić information content (AvgIpc) is 2.48. The zero-order valence-corrected chi connectivity index (χ0v) is 11.9. The minimum atomic E-state index is -0.592. The summed E-state index contributed by atoms with van der Waals surface area (Å²) < 4.78 is 13.9. The van der Waals surface area contributed by atoms with Gasteiger partial charge in [0.15, 0.2) is 11.6 Å². The number of anilines is 1. The highest BCUT2D eigenvalue weighted by Gasteiger charge is 2.17. The van der Waals surface area contributed by atoms with E-state index in [1.165, 1.54) is 44.4 Å². The number of amides is 1. The number of aromatic nitrogens is 1. The molecule has 1 aromatic heterocycles. The number of carbonyl (C=O) groups excluding carboxylic acids is 1. The average molecular weight is 279 g/mol. The van der Waals surface area contributed by atoms with Crippen molar-refractivity contribution < 1.29 is 9.18 Å². The van der Waals surface area contributed by atoms with Gasteiger partial charge < -0.3 is 10.6 Å². The molecule has 1 fully saturated rings. The first-order valence-corrected chi connectivity index (χ1v) is 7.33. The van der Waals surface area contributed by atoms with E-state index in [9.17, 15) is 9.18 Å². The number of hydrogen-bond acceptors (Lipinski definition) is 3. The predicted octanol–water partition coefficient (Wildman–Crippen LogP) is 2.96. The van der Waals surface area contributed by atoms with Crippen LogP contribution in [0.2, 0.25) is 0 Å². The molecule has 0 unspecified atom stereocenters. The van der Waals surface area contributed by atoms with Gasteiger partial charge in [0.25, 0.3) is 5.91 Å². The summed E-state index contributed by atoms with van der Waals surface area (Å²) in [4.78, 5) is 15.8. The van der Waals surface area contributed by atoms with Crippen molar-refractivity contribution in [1.29, 1.82) is 0 Å². The fourth-order valence-corrected chi connectivity index (χ4v) is 2.75. The van der Waals surface area contributed by atoms with Crippen LogP contribution >= 0.6 is 0 Å². The van der Waals surface area contributed by atoms with Crippen LogP contribution < -0.4 is 10.6 Å². The van der Waals surface area contributed by atoms with Crippen molar-refractivity contribution in [3.8, 4) is 0 Å². The molecule has 0 aliphatic heterocycles. The number of hydrogen-bond donors (Lipinski definition) is 2. The Morgan fingerprint density at radius 3 is 2.85 bits per heavy atom. The van der Waals surface area contributed by atoms with Gasteiger partial charge in [0, 0.05) is 19.8 Å². The molecule has 2 N–H and O–H groups in total. The Labute approximate surface area is 119 Å². The second-order valence-electron chi connectivity index (χ2n) is 5.32. The number of pyridine rings is 1. The maximum atomic E-state index is 13.9. The number of nitrogens with one attached hydrogen (secondary N) is 2. The maximum absolute atomic E-state index is 13.9. The molecule has 1 amide bonds. The molecule has 1 aliphatic rings. The van der Waals surface area contributed by atoms with Crippen LogP contribution in [0.15, 0.2) is 12.3 Å². The smallest absolute Gasteiger partial charge is 0.254 e. The van der Waals surface area contributed by atoms with Crippen molar-refractivity contribution in [1.82, 2.24) is 10.3 Å². The molecule has 2 rings (SSSR count). The van der Waals surface area contributed by atoms with Gasteiger partial charge in [-0.3, -0.25) is 4.79 Å². The summed E-state index contributed by atoms with van der Waals surface area (Å²) in [6.07, 6.45) is 8.85. The van der Waals surface area contributed by atoms with E-state index in [0.29, 0.717) is 12.5 Å². The fraction of sp³-hybridized carbons (Fsp3) is 0.600. The highest BCUT2D eigenvalue weighted by molar-refractivity contribution is 5.95. The van der Waals surface area contributed by atoms with Gasteiger partial charge in [-0.05, 0) is 18.4 Å². The standard InChI is InChI=1S/C15H22FN3O/c1-17-14-13(16)12(8-10-18-14)15(20)19-9-7-11-5-3-2-4-6-11/h8,10-11H,2-7,9H2,1H3,(H,17,18)(H,19,20). The monoisotopic (exact) mass is 279 g/mol. The number of nitrogens with zero attached hydrogens (tertiary/aromatic N) is 1. The lowest BCUT2D eigenvalue weighted by Crippen LogP contribution is -2.27. The third-order valence-corrected chi connectivity index (χ3v) is 3.93. The topological polar surface area (TPSA) is 54.0 Å². The van der Waals surface area contributed by atoms with Crippen molar-refractivity contribution in [2.24, 2.45) is 5.92 Å². The van der Waals surface area contributed by atoms with Gasteiger partial charge in [-0.25, -0.2) is 9.37 Å². The molecular weight excluding hydrogens is 257 g/mol. The van der Waals surface area contributed by atoms with E-state index in [0.717, 1.165) is 6.42 Å². The highest BCUT2D eigenvalue weighted by Crippen LogP contribution is 2.25. The molecule has 1 aliphatic carbocycles. The molecule has 0 spiro atoms. The molecule has 0 bridgehead atoms. The maximum Gasteiger partial charge on any atom is 0.254 e. The van der Waals surface area contributed by atoms with Crippen molar-refractivity contribution in [2.75, 3.05) is 18.9 Å². The van der Waals surface area contributed by atoms with E-state index in [2.05, 4.69) is 15.6 Å². The first kappa shape index (κ1) is 14.8. The molecule has 5 heteroatoms. The number of halogens is 1. The van der Waals surface area contributed by atoms with Crippen LogP contribution in [0.4, 0.5) is 10.2 Å². The molecule has 20 heavy (non-hydrogen) atoms. The van der Waals surface area contributed by atoms with E-state index < -0.39 is 5.82 Å². The van der Waals surface area contributed by atoms with E-state index in [1.807, 2.05) is 0 Å². The van der Waals surface area contributed by atoms with Crippen LogP contribution in [0.25, 0.3) is 0 Å². The van der Waals surface area contributed by atoms with Crippen LogP contribution in [-0.4, -0.2) is 24.5 Å². The summed E-state index contributed by atoms with van der Waals surface area (Å²) in [7, 11) is 1.58. The molecule has 1 heterocycles. The van der Waals surface area contributed by atoms with Crippen LogP contribution in [0.1, 0.15) is 48.9 Å². The number of rotatable bonds is 5. The second-order valence-corrected chi connectivity index (χ2v) is 5.32. The Hall–Kier alpha value is -1.65. The summed E-state index contributed by atoms with van der Waals surface area (Å²) in [5.74, 6) is -0.147. The normalized spacial score (nSPS) is 15.9. The minimum Gasteiger partial charge on any atom is -0.371 e. The quantitative estimate of drug-likeness (QED) is 0.871. The summed E-state index contributed by atoms with van der Waals surface area (Å²) in [6, 6.07) is 1.41. The van der Waals surface area contributed by atoms with Gasteiger partial charge >= 0.3 is 0 Å². The van der Waals surface area contributed by atoms with Gasteiger partial charge in [-0.2, -0.15) is 0 Å². The van der Waals surface area contributed by atoms with Crippen molar-refractivity contribution in [3.63, 3.8) is 0 Å². The lowest BCUT2D eigenvalue weighted by atomic mass is 9.87. The highest BCUT2D eigenvalue weighted by atomic mass is 19.1. The third kappa shape index (κ3) is 3.68. The zero-order valence-electron chi connectivity index (χ0n) is 11.9. The van der Waals surface area contributed by atoms with Crippen molar-refractivity contribution in [2.45, 2.75) is 38.5 Å². The molecule has 0 aromatic carbocycles. The van der Waals surface area contributed by atoms with Crippen molar-refractivity contribution >= 4 is 11.7 Å². The Balaban J connectivity index is 1.85. The summed E-state index contributed by atoms with van der Waals surface area (Å²) in [5, 5.41) is 5.44. The summed E-state index contributed by atoms with van der Waals surface area (Å²) in [6.45, 7) is 0.611. The first-order chi connectivity index (χ1) is 9.72. The first-order valence-electron chi connectivity index (χ1n) is 7.33. The molecule has 1 aromatic rings. The Morgan fingerprint density at radius 1 is 1.40 bits per heavy atom. The van der Waals surface area contributed by atoms with E-state index in [-0.39, 0.29) is 17.3 Å². The fourth-order valence-electron chi connectivity index (χ4n) is 2.75. The minimum absolute atomic E-state index is 0.0491. The second kappa shape index (κ2) is 7.22. The van der Waals surface area contributed by atoms with E-state index >= 15 is 0 Å². The summed E-state index contributed by atoms with van der Waals surface area (Å²) in [5.41, 5.74) is 0.0491.